The van der Waals surface area contributed by atoms with E-state index < -0.39 is 0 Å². The molecule has 0 radical (unpaired) electrons. The molecule has 1 aromatic rings. The maximum Gasteiger partial charge on any atom is 0.0132 e. The third kappa shape index (κ3) is 2.87. The molecule has 0 N–H and O–H groups in total. The van der Waals surface area contributed by atoms with Crippen LogP contribution in [-0.4, -0.2) is 0 Å². The lowest BCUT2D eigenvalue weighted by atomic mass is 9.39. The lowest BCUT2D eigenvalue weighted by Crippen LogP contribution is -2.58. The summed E-state index contributed by atoms with van der Waals surface area (Å²) >= 11 is 0. The normalized spacial score (nSPS) is 30.1. The van der Waals surface area contributed by atoms with Gasteiger partial charge in [-0.1, -0.05) is 118 Å². The topological polar surface area (TPSA) is 0 Å². The molecular weight excluding hydrogens is 384 g/mol. The van der Waals surface area contributed by atoms with E-state index in [1.807, 2.05) is 0 Å². The predicted octanol–water partition coefficient (Wildman–Crippen LogP) is 9.01. The quantitative estimate of drug-likeness (QED) is 0.391. The number of benzene rings is 1. The van der Waals surface area contributed by atoms with Crippen LogP contribution < -0.4 is 0 Å². The zero-order chi connectivity index (χ0) is 21.5. The van der Waals surface area contributed by atoms with Crippen molar-refractivity contribution in [1.82, 2.24) is 0 Å². The van der Waals surface area contributed by atoms with E-state index in [-0.39, 0.29) is 10.8 Å². The number of rotatable bonds is 0. The average Bonchev–Trinajstić information content (AvgIpc) is 3.22. The SMILES string of the molecule is C1=CCC2=C(C=C1)CC1(CCCC3(C=CC=C3)C13CCCCCCCC3)c1ccccc12. The van der Waals surface area contributed by atoms with E-state index in [0.717, 1.165) is 6.42 Å². The smallest absolute Gasteiger partial charge is 0.0132 e. The van der Waals surface area contributed by atoms with E-state index in [9.17, 15) is 0 Å². The minimum Gasteiger partial charge on any atom is -0.0801 e. The summed E-state index contributed by atoms with van der Waals surface area (Å²) in [4.78, 5) is 0. The first-order valence-electron chi connectivity index (χ1n) is 13.3. The molecule has 6 rings (SSSR count). The average molecular weight is 423 g/mol. The van der Waals surface area contributed by atoms with Gasteiger partial charge < -0.3 is 0 Å². The molecule has 0 heterocycles. The van der Waals surface area contributed by atoms with Gasteiger partial charge in [-0.2, -0.15) is 0 Å². The van der Waals surface area contributed by atoms with Crippen LogP contribution in [0.5, 0.6) is 0 Å². The zero-order valence-corrected chi connectivity index (χ0v) is 19.6. The van der Waals surface area contributed by atoms with Gasteiger partial charge >= 0.3 is 0 Å². The Labute approximate surface area is 194 Å². The molecule has 5 aliphatic carbocycles. The van der Waals surface area contributed by atoms with Gasteiger partial charge in [0.15, 0.2) is 0 Å². The molecule has 3 spiro atoms. The van der Waals surface area contributed by atoms with Crippen molar-refractivity contribution < 1.29 is 0 Å². The highest BCUT2D eigenvalue weighted by atomic mass is 14.7. The number of fused-ring (bicyclic) bond motifs is 5. The summed E-state index contributed by atoms with van der Waals surface area (Å²) in [7, 11) is 0. The van der Waals surface area contributed by atoms with Gasteiger partial charge in [0.25, 0.3) is 0 Å². The van der Waals surface area contributed by atoms with Crippen LogP contribution in [0.4, 0.5) is 0 Å². The Morgan fingerprint density at radius 3 is 2.22 bits per heavy atom. The molecule has 1 aromatic carbocycles. The fourth-order valence-corrected chi connectivity index (χ4v) is 8.58. The van der Waals surface area contributed by atoms with E-state index in [0.29, 0.717) is 5.41 Å². The molecule has 0 bridgehead atoms. The first-order chi connectivity index (χ1) is 15.8. The van der Waals surface area contributed by atoms with Crippen LogP contribution in [0, 0.1) is 10.8 Å². The lowest BCUT2D eigenvalue weighted by Gasteiger charge is -2.64. The summed E-state index contributed by atoms with van der Waals surface area (Å²) in [6, 6.07) is 9.60. The standard InChI is InChI=1S/C32H38/c1-2-4-11-24-32(23-10-3-1)30(19-12-13-20-30)21-14-22-31(32)25-26-15-6-5-7-16-27(26)28-17-8-9-18-29(28)31/h5-9,12-13,15,17-20H,1-4,10-11,14,16,21-25H2. The Morgan fingerprint density at radius 1 is 0.656 bits per heavy atom. The van der Waals surface area contributed by atoms with Crippen LogP contribution >= 0.6 is 0 Å². The molecule has 0 aliphatic heterocycles. The second-order valence-electron chi connectivity index (χ2n) is 11.1. The van der Waals surface area contributed by atoms with Crippen molar-refractivity contribution in [2.24, 2.45) is 10.8 Å². The van der Waals surface area contributed by atoms with Gasteiger partial charge in [-0.25, -0.2) is 0 Å². The van der Waals surface area contributed by atoms with E-state index in [1.165, 1.54) is 77.0 Å². The van der Waals surface area contributed by atoms with Crippen LogP contribution in [0.2, 0.25) is 0 Å². The fraction of sp³-hybridized carbons (Fsp3) is 0.500. The Morgan fingerprint density at radius 2 is 1.41 bits per heavy atom. The summed E-state index contributed by atoms with van der Waals surface area (Å²) in [6.07, 6.45) is 37.0. The van der Waals surface area contributed by atoms with E-state index >= 15 is 0 Å². The van der Waals surface area contributed by atoms with Gasteiger partial charge in [0.1, 0.15) is 0 Å². The molecule has 166 valence electrons. The maximum atomic E-state index is 2.64. The highest BCUT2D eigenvalue weighted by molar-refractivity contribution is 5.79. The van der Waals surface area contributed by atoms with Crippen molar-refractivity contribution in [3.05, 3.63) is 89.6 Å². The van der Waals surface area contributed by atoms with Gasteiger partial charge in [-0.05, 0) is 66.2 Å². The number of hydrogen-bond acceptors (Lipinski definition) is 0. The molecule has 2 fully saturated rings. The second kappa shape index (κ2) is 8.05. The molecular formula is C32H38. The second-order valence-corrected chi connectivity index (χ2v) is 11.1. The van der Waals surface area contributed by atoms with Crippen molar-refractivity contribution >= 4 is 5.57 Å². The molecule has 1 unspecified atom stereocenters. The Kier molecular flexibility index (Phi) is 5.16. The molecule has 0 aromatic heterocycles. The van der Waals surface area contributed by atoms with Crippen molar-refractivity contribution in [3.63, 3.8) is 0 Å². The van der Waals surface area contributed by atoms with Gasteiger partial charge in [0.05, 0.1) is 0 Å². The number of allylic oxidation sites excluding steroid dienone is 10. The minimum absolute atomic E-state index is 0.244. The largest absolute Gasteiger partial charge is 0.0801 e. The van der Waals surface area contributed by atoms with Crippen molar-refractivity contribution in [3.8, 4) is 0 Å². The summed E-state index contributed by atoms with van der Waals surface area (Å²) in [5.74, 6) is 0. The Bertz CT molecular complexity index is 1000. The molecule has 0 heteroatoms. The minimum atomic E-state index is 0.244. The van der Waals surface area contributed by atoms with Gasteiger partial charge in [0, 0.05) is 10.8 Å². The number of hydrogen-bond donors (Lipinski definition) is 0. The van der Waals surface area contributed by atoms with Crippen LogP contribution in [0.15, 0.2) is 78.4 Å². The highest BCUT2D eigenvalue weighted by Crippen LogP contribution is 2.71. The summed E-state index contributed by atoms with van der Waals surface area (Å²) in [6.45, 7) is 0. The Hall–Kier alpha value is -2.08. The van der Waals surface area contributed by atoms with Gasteiger partial charge in [-0.15, -0.1) is 0 Å². The molecule has 32 heavy (non-hydrogen) atoms. The Balaban J connectivity index is 1.60. The molecule has 2 saturated carbocycles. The first kappa shape index (κ1) is 20.5. The third-order valence-corrected chi connectivity index (χ3v) is 9.87. The van der Waals surface area contributed by atoms with Crippen LogP contribution in [0.3, 0.4) is 0 Å². The van der Waals surface area contributed by atoms with E-state index in [4.69, 9.17) is 0 Å². The summed E-state index contributed by atoms with van der Waals surface area (Å²) < 4.78 is 0. The molecule has 1 atom stereocenters. The van der Waals surface area contributed by atoms with Crippen LogP contribution in [-0.2, 0) is 5.41 Å². The van der Waals surface area contributed by atoms with E-state index in [2.05, 4.69) is 72.9 Å². The van der Waals surface area contributed by atoms with Crippen LogP contribution in [0.1, 0.15) is 94.6 Å². The van der Waals surface area contributed by atoms with Crippen molar-refractivity contribution in [2.45, 2.75) is 88.9 Å². The zero-order valence-electron chi connectivity index (χ0n) is 19.6. The van der Waals surface area contributed by atoms with Crippen molar-refractivity contribution in [1.29, 1.82) is 0 Å². The first-order valence-corrected chi connectivity index (χ1v) is 13.3. The fourth-order valence-electron chi connectivity index (χ4n) is 8.58. The molecule has 5 aliphatic rings. The van der Waals surface area contributed by atoms with Gasteiger partial charge in [-0.3, -0.25) is 0 Å². The van der Waals surface area contributed by atoms with Crippen LogP contribution in [0.25, 0.3) is 5.57 Å². The van der Waals surface area contributed by atoms with Gasteiger partial charge in [0.2, 0.25) is 0 Å². The van der Waals surface area contributed by atoms with Crippen molar-refractivity contribution in [2.75, 3.05) is 0 Å². The predicted molar refractivity (Wildman–Crippen MR) is 136 cm³/mol. The highest BCUT2D eigenvalue weighted by Gasteiger charge is 2.63. The monoisotopic (exact) mass is 422 g/mol. The summed E-state index contributed by atoms with van der Waals surface area (Å²) in [5, 5.41) is 0. The van der Waals surface area contributed by atoms with E-state index in [1.54, 1.807) is 22.3 Å². The summed E-state index contributed by atoms with van der Waals surface area (Å²) in [5.41, 5.74) is 7.28. The lowest BCUT2D eigenvalue weighted by molar-refractivity contribution is -0.0487. The third-order valence-electron chi connectivity index (χ3n) is 9.87. The maximum absolute atomic E-state index is 2.64. The molecule has 0 saturated heterocycles. The molecule has 0 nitrogen and oxygen atoms in total. The molecule has 0 amide bonds.